The van der Waals surface area contributed by atoms with E-state index in [0.29, 0.717) is 6.54 Å². The number of rotatable bonds is 5. The van der Waals surface area contributed by atoms with Gasteiger partial charge in [-0.3, -0.25) is 4.79 Å². The summed E-state index contributed by atoms with van der Waals surface area (Å²) in [5, 5.41) is 3.17. The summed E-state index contributed by atoms with van der Waals surface area (Å²) >= 11 is 0. The van der Waals surface area contributed by atoms with E-state index in [4.69, 9.17) is 4.42 Å². The minimum absolute atomic E-state index is 0.00983. The van der Waals surface area contributed by atoms with Crippen molar-refractivity contribution in [2.75, 3.05) is 0 Å². The molecule has 23 heavy (non-hydrogen) atoms. The van der Waals surface area contributed by atoms with Crippen LogP contribution in [0.3, 0.4) is 0 Å². The Kier molecular flexibility index (Phi) is 3.26. The highest BCUT2D eigenvalue weighted by atomic mass is 16.3. The molecule has 0 radical (unpaired) electrons. The Morgan fingerprint density at radius 3 is 2.70 bits per heavy atom. The van der Waals surface area contributed by atoms with Gasteiger partial charge < -0.3 is 14.3 Å². The molecule has 0 bridgehead atoms. The van der Waals surface area contributed by atoms with E-state index in [-0.39, 0.29) is 11.4 Å². The second-order valence-corrected chi connectivity index (χ2v) is 5.92. The Morgan fingerprint density at radius 2 is 2.09 bits per heavy atom. The molecule has 2 heterocycles. The number of furan rings is 1. The number of amides is 1. The molecule has 0 atom stereocenters. The second-order valence-electron chi connectivity index (χ2n) is 5.92. The van der Waals surface area contributed by atoms with E-state index < -0.39 is 0 Å². The van der Waals surface area contributed by atoms with Crippen LogP contribution in [0.25, 0.3) is 11.3 Å². The number of aromatic nitrogens is 2. The lowest BCUT2D eigenvalue weighted by Crippen LogP contribution is -2.36. The quantitative estimate of drug-likeness (QED) is 0.788. The molecule has 5 heteroatoms. The van der Waals surface area contributed by atoms with E-state index >= 15 is 0 Å². The van der Waals surface area contributed by atoms with E-state index in [1.807, 2.05) is 24.3 Å². The van der Waals surface area contributed by atoms with Crippen molar-refractivity contribution < 1.29 is 9.21 Å². The van der Waals surface area contributed by atoms with E-state index in [9.17, 15) is 4.79 Å². The van der Waals surface area contributed by atoms with Gasteiger partial charge in [-0.25, -0.2) is 4.98 Å². The van der Waals surface area contributed by atoms with Crippen LogP contribution in [-0.2, 0) is 16.9 Å². The molecule has 2 aromatic heterocycles. The molecule has 3 aromatic rings. The number of benzene rings is 1. The average Bonchev–Trinajstić information content (AvgIpc) is 2.98. The number of nitrogens with zero attached hydrogens (tertiary/aromatic N) is 2. The average molecular weight is 307 g/mol. The standard InChI is InChI=1S/C18H17N3O2/c22-17(12-21-10-9-19-13-21)20-18(7-8-18)15-5-3-14(4-6-15)16-2-1-11-23-16/h1-6,9-11,13H,7-8,12H2,(H,20,22). The second kappa shape index (κ2) is 5.43. The summed E-state index contributed by atoms with van der Waals surface area (Å²) in [7, 11) is 0. The molecule has 0 spiro atoms. The molecule has 1 N–H and O–H groups in total. The zero-order valence-corrected chi connectivity index (χ0v) is 12.6. The Hall–Kier alpha value is -2.82. The maximum Gasteiger partial charge on any atom is 0.240 e. The first-order chi connectivity index (χ1) is 11.3. The lowest BCUT2D eigenvalue weighted by Gasteiger charge is -2.18. The van der Waals surface area contributed by atoms with Crippen molar-refractivity contribution in [2.45, 2.75) is 24.9 Å². The highest BCUT2D eigenvalue weighted by molar-refractivity contribution is 5.77. The van der Waals surface area contributed by atoms with Crippen LogP contribution >= 0.6 is 0 Å². The van der Waals surface area contributed by atoms with Crippen molar-refractivity contribution in [1.29, 1.82) is 0 Å². The first-order valence-corrected chi connectivity index (χ1v) is 7.66. The predicted molar refractivity (Wildman–Crippen MR) is 85.4 cm³/mol. The van der Waals surface area contributed by atoms with Crippen molar-refractivity contribution in [3.05, 3.63) is 66.9 Å². The Morgan fingerprint density at radius 1 is 1.26 bits per heavy atom. The fraction of sp³-hybridized carbons (Fsp3) is 0.222. The van der Waals surface area contributed by atoms with Crippen LogP contribution in [-0.4, -0.2) is 15.5 Å². The Balaban J connectivity index is 1.47. The lowest BCUT2D eigenvalue weighted by molar-refractivity contribution is -0.122. The van der Waals surface area contributed by atoms with Crippen molar-refractivity contribution in [3.63, 3.8) is 0 Å². The van der Waals surface area contributed by atoms with E-state index in [1.54, 1.807) is 29.6 Å². The maximum atomic E-state index is 12.2. The number of imidazole rings is 1. The Labute approximate surface area is 134 Å². The van der Waals surface area contributed by atoms with Gasteiger partial charge in [-0.1, -0.05) is 24.3 Å². The fourth-order valence-corrected chi connectivity index (χ4v) is 2.86. The van der Waals surface area contributed by atoms with E-state index in [0.717, 1.165) is 29.7 Å². The third-order valence-electron chi connectivity index (χ3n) is 4.26. The largest absolute Gasteiger partial charge is 0.464 e. The van der Waals surface area contributed by atoms with Gasteiger partial charge in [0.2, 0.25) is 5.91 Å². The summed E-state index contributed by atoms with van der Waals surface area (Å²) in [5.41, 5.74) is 1.98. The summed E-state index contributed by atoms with van der Waals surface area (Å²) in [5.74, 6) is 0.862. The molecule has 1 aromatic carbocycles. The minimum Gasteiger partial charge on any atom is -0.464 e. The van der Waals surface area contributed by atoms with Gasteiger partial charge in [-0.05, 0) is 30.5 Å². The maximum absolute atomic E-state index is 12.2. The van der Waals surface area contributed by atoms with Crippen molar-refractivity contribution in [1.82, 2.24) is 14.9 Å². The summed E-state index contributed by atoms with van der Waals surface area (Å²) in [6.07, 6.45) is 8.73. The van der Waals surface area contributed by atoms with Crippen molar-refractivity contribution in [2.24, 2.45) is 0 Å². The van der Waals surface area contributed by atoms with Gasteiger partial charge in [0.05, 0.1) is 18.1 Å². The van der Waals surface area contributed by atoms with Crippen LogP contribution in [0.15, 0.2) is 65.8 Å². The molecule has 4 rings (SSSR count). The molecule has 0 aliphatic heterocycles. The lowest BCUT2D eigenvalue weighted by atomic mass is 10.0. The van der Waals surface area contributed by atoms with Crippen LogP contribution < -0.4 is 5.32 Å². The molecule has 1 aliphatic rings. The summed E-state index contributed by atoms with van der Waals surface area (Å²) in [6, 6.07) is 12.0. The molecule has 1 aliphatic carbocycles. The third kappa shape index (κ3) is 2.77. The SMILES string of the molecule is O=C(Cn1ccnc1)NC1(c2ccc(-c3ccco3)cc2)CC1. The summed E-state index contributed by atoms with van der Waals surface area (Å²) < 4.78 is 7.17. The first kappa shape index (κ1) is 13.8. The highest BCUT2D eigenvalue weighted by Crippen LogP contribution is 2.45. The number of carbonyl (C=O) groups excluding carboxylic acids is 1. The normalized spacial score (nSPS) is 15.3. The van der Waals surface area contributed by atoms with Crippen LogP contribution in [0.5, 0.6) is 0 Å². The predicted octanol–water partition coefficient (Wildman–Crippen LogP) is 2.95. The van der Waals surface area contributed by atoms with Gasteiger partial charge in [-0.15, -0.1) is 0 Å². The van der Waals surface area contributed by atoms with Crippen LogP contribution in [0, 0.1) is 0 Å². The Bertz CT molecular complexity index is 785. The molecule has 1 fully saturated rings. The van der Waals surface area contributed by atoms with Gasteiger partial charge in [0.15, 0.2) is 0 Å². The van der Waals surface area contributed by atoms with Gasteiger partial charge in [0, 0.05) is 18.0 Å². The van der Waals surface area contributed by atoms with Gasteiger partial charge >= 0.3 is 0 Å². The van der Waals surface area contributed by atoms with E-state index in [1.165, 1.54) is 0 Å². The molecule has 1 saturated carbocycles. The summed E-state index contributed by atoms with van der Waals surface area (Å²) in [6.45, 7) is 0.298. The molecular formula is C18H17N3O2. The minimum atomic E-state index is -0.209. The smallest absolute Gasteiger partial charge is 0.240 e. The van der Waals surface area contributed by atoms with Crippen LogP contribution in [0.4, 0.5) is 0 Å². The van der Waals surface area contributed by atoms with Gasteiger partial charge in [-0.2, -0.15) is 0 Å². The molecule has 0 saturated heterocycles. The van der Waals surface area contributed by atoms with E-state index in [2.05, 4.69) is 22.4 Å². The van der Waals surface area contributed by atoms with Crippen LogP contribution in [0.2, 0.25) is 0 Å². The van der Waals surface area contributed by atoms with Crippen LogP contribution in [0.1, 0.15) is 18.4 Å². The topological polar surface area (TPSA) is 60.1 Å². The number of nitrogens with one attached hydrogen (secondary N) is 1. The number of carbonyl (C=O) groups is 1. The molecule has 0 unspecified atom stereocenters. The fourth-order valence-electron chi connectivity index (χ4n) is 2.86. The monoisotopic (exact) mass is 307 g/mol. The van der Waals surface area contributed by atoms with Crippen molar-refractivity contribution in [3.8, 4) is 11.3 Å². The van der Waals surface area contributed by atoms with Gasteiger partial charge in [0.25, 0.3) is 0 Å². The number of hydrogen-bond acceptors (Lipinski definition) is 3. The summed E-state index contributed by atoms with van der Waals surface area (Å²) in [4.78, 5) is 16.2. The molecule has 5 nitrogen and oxygen atoms in total. The zero-order chi connectivity index (χ0) is 15.7. The molecule has 1 amide bonds. The highest BCUT2D eigenvalue weighted by Gasteiger charge is 2.45. The third-order valence-corrected chi connectivity index (χ3v) is 4.26. The van der Waals surface area contributed by atoms with Crippen molar-refractivity contribution >= 4 is 5.91 Å². The molecular weight excluding hydrogens is 290 g/mol. The molecule has 116 valence electrons. The van der Waals surface area contributed by atoms with Gasteiger partial charge in [0.1, 0.15) is 12.3 Å². The number of hydrogen-bond donors (Lipinski definition) is 1. The first-order valence-electron chi connectivity index (χ1n) is 7.66. The zero-order valence-electron chi connectivity index (χ0n) is 12.6.